The van der Waals surface area contributed by atoms with Crippen molar-refractivity contribution in [2.45, 2.75) is 37.6 Å². The second kappa shape index (κ2) is 5.42. The Labute approximate surface area is 159 Å². The number of imidazole rings is 1. The zero-order valence-corrected chi connectivity index (χ0v) is 15.2. The number of nitrogens with zero attached hydrogens (tertiary/aromatic N) is 5. The van der Waals surface area contributed by atoms with E-state index in [1.54, 1.807) is 12.4 Å². The SMILES string of the molecule is O=C1c2c(Cl)cccc2-n2cnc(-c3nc(C4CC4)no3)c2C2CCCN12. The summed E-state index contributed by atoms with van der Waals surface area (Å²) in [5.74, 6) is 1.56. The highest BCUT2D eigenvalue weighted by atomic mass is 35.5. The summed E-state index contributed by atoms with van der Waals surface area (Å²) in [5.41, 5.74) is 2.86. The first kappa shape index (κ1) is 15.4. The first-order valence-corrected chi connectivity index (χ1v) is 9.61. The fraction of sp³-hybridized carbons (Fsp3) is 0.368. The van der Waals surface area contributed by atoms with Crippen LogP contribution < -0.4 is 0 Å². The lowest BCUT2D eigenvalue weighted by atomic mass is 10.1. The van der Waals surface area contributed by atoms with E-state index in [9.17, 15) is 4.79 Å². The van der Waals surface area contributed by atoms with Crippen LogP contribution in [0.4, 0.5) is 0 Å². The van der Waals surface area contributed by atoms with Crippen LogP contribution in [0.1, 0.15) is 59.5 Å². The van der Waals surface area contributed by atoms with E-state index < -0.39 is 0 Å². The molecular weight excluding hydrogens is 366 g/mol. The van der Waals surface area contributed by atoms with Gasteiger partial charge in [0.25, 0.3) is 11.8 Å². The lowest BCUT2D eigenvalue weighted by Gasteiger charge is -2.22. The van der Waals surface area contributed by atoms with E-state index in [4.69, 9.17) is 16.1 Å². The lowest BCUT2D eigenvalue weighted by Crippen LogP contribution is -2.29. The van der Waals surface area contributed by atoms with Crippen molar-refractivity contribution < 1.29 is 9.32 Å². The molecule has 2 aliphatic heterocycles. The van der Waals surface area contributed by atoms with Gasteiger partial charge in [0.15, 0.2) is 11.5 Å². The Bertz CT molecular complexity index is 1080. The maximum Gasteiger partial charge on any atom is 0.278 e. The van der Waals surface area contributed by atoms with Gasteiger partial charge in [-0.1, -0.05) is 22.8 Å². The Balaban J connectivity index is 1.59. The standard InChI is InChI=1S/C19H16ClN5O2/c20-11-3-1-4-12-14(11)19(26)24-8-2-5-13(24)16-15(21-9-25(12)16)18-22-17(23-27-18)10-6-7-10/h1,3-4,9-10,13H,2,5-8H2. The summed E-state index contributed by atoms with van der Waals surface area (Å²) in [5, 5.41) is 4.59. The smallest absolute Gasteiger partial charge is 0.278 e. The maximum absolute atomic E-state index is 13.2. The van der Waals surface area contributed by atoms with Crippen LogP contribution >= 0.6 is 11.6 Å². The summed E-state index contributed by atoms with van der Waals surface area (Å²) in [7, 11) is 0. The highest BCUT2D eigenvalue weighted by Crippen LogP contribution is 2.44. The van der Waals surface area contributed by atoms with Crippen molar-refractivity contribution in [2.24, 2.45) is 0 Å². The molecule has 1 aliphatic carbocycles. The predicted octanol–water partition coefficient (Wildman–Crippen LogP) is 3.74. The van der Waals surface area contributed by atoms with Crippen LogP contribution in [0.5, 0.6) is 0 Å². The number of rotatable bonds is 2. The highest BCUT2D eigenvalue weighted by molar-refractivity contribution is 6.34. The summed E-state index contributed by atoms with van der Waals surface area (Å²) in [6.07, 6.45) is 5.77. The predicted molar refractivity (Wildman–Crippen MR) is 96.9 cm³/mol. The van der Waals surface area contributed by atoms with E-state index in [0.29, 0.717) is 34.6 Å². The van der Waals surface area contributed by atoms with E-state index in [1.807, 2.05) is 21.6 Å². The second-order valence-corrected chi connectivity index (χ2v) is 7.78. The third-order valence-electron chi connectivity index (χ3n) is 5.69. The molecule has 4 heterocycles. The van der Waals surface area contributed by atoms with E-state index >= 15 is 0 Å². The molecular formula is C19H16ClN5O2. The number of carbonyl (C=O) groups excluding carboxylic acids is 1. The Morgan fingerprint density at radius 3 is 2.96 bits per heavy atom. The van der Waals surface area contributed by atoms with Crippen molar-refractivity contribution in [1.82, 2.24) is 24.6 Å². The molecule has 1 saturated heterocycles. The largest absolute Gasteiger partial charge is 0.332 e. The van der Waals surface area contributed by atoms with Gasteiger partial charge in [0, 0.05) is 12.5 Å². The molecule has 6 rings (SSSR count). The van der Waals surface area contributed by atoms with Gasteiger partial charge < -0.3 is 9.42 Å². The molecule has 1 saturated carbocycles. The molecule has 0 bridgehead atoms. The average Bonchev–Trinajstić information content (AvgIpc) is 3.10. The minimum atomic E-state index is -0.0743. The van der Waals surface area contributed by atoms with Crippen LogP contribution in [0.3, 0.4) is 0 Å². The van der Waals surface area contributed by atoms with E-state index in [2.05, 4.69) is 15.1 Å². The number of carbonyl (C=O) groups is 1. The Hall–Kier alpha value is -2.67. The van der Waals surface area contributed by atoms with Crippen LogP contribution in [0.15, 0.2) is 29.0 Å². The van der Waals surface area contributed by atoms with Crippen molar-refractivity contribution >= 4 is 17.5 Å². The first-order chi connectivity index (χ1) is 13.2. The molecule has 8 heteroatoms. The summed E-state index contributed by atoms with van der Waals surface area (Å²) in [6.45, 7) is 0.704. The molecule has 2 fully saturated rings. The summed E-state index contributed by atoms with van der Waals surface area (Å²) in [6, 6.07) is 5.44. The number of aromatic nitrogens is 4. The van der Waals surface area contributed by atoms with Crippen molar-refractivity contribution in [3.63, 3.8) is 0 Å². The summed E-state index contributed by atoms with van der Waals surface area (Å²) >= 11 is 6.41. The fourth-order valence-electron chi connectivity index (χ4n) is 4.23. The third-order valence-corrected chi connectivity index (χ3v) is 6.00. The molecule has 3 aliphatic rings. The van der Waals surface area contributed by atoms with Crippen LogP contribution in [0.2, 0.25) is 5.02 Å². The van der Waals surface area contributed by atoms with Crippen LogP contribution in [-0.2, 0) is 0 Å². The van der Waals surface area contributed by atoms with Gasteiger partial charge in [0.1, 0.15) is 6.33 Å². The van der Waals surface area contributed by atoms with Crippen LogP contribution in [-0.4, -0.2) is 37.0 Å². The molecule has 0 N–H and O–H groups in total. The van der Waals surface area contributed by atoms with Crippen molar-refractivity contribution in [3.8, 4) is 17.3 Å². The lowest BCUT2D eigenvalue weighted by molar-refractivity contribution is 0.0739. The number of halogens is 1. The Morgan fingerprint density at radius 2 is 2.11 bits per heavy atom. The average molecular weight is 382 g/mol. The maximum atomic E-state index is 13.2. The van der Waals surface area contributed by atoms with Gasteiger partial charge in [-0.05, 0) is 37.8 Å². The molecule has 3 aromatic rings. The van der Waals surface area contributed by atoms with E-state index in [-0.39, 0.29) is 11.9 Å². The number of hydrogen-bond donors (Lipinski definition) is 0. The monoisotopic (exact) mass is 381 g/mol. The quantitative estimate of drug-likeness (QED) is 0.675. The minimum Gasteiger partial charge on any atom is -0.332 e. The zero-order valence-electron chi connectivity index (χ0n) is 14.4. The molecule has 1 unspecified atom stereocenters. The normalized spacial score (nSPS) is 21.0. The number of amides is 1. The molecule has 2 aromatic heterocycles. The number of fused-ring (bicyclic) bond motifs is 5. The molecule has 1 aromatic carbocycles. The van der Waals surface area contributed by atoms with Crippen molar-refractivity contribution in [3.05, 3.63) is 46.6 Å². The molecule has 0 spiro atoms. The molecule has 0 radical (unpaired) electrons. The van der Waals surface area contributed by atoms with Gasteiger partial charge in [0.2, 0.25) is 0 Å². The van der Waals surface area contributed by atoms with Gasteiger partial charge in [-0.3, -0.25) is 9.36 Å². The minimum absolute atomic E-state index is 0.0306. The van der Waals surface area contributed by atoms with Gasteiger partial charge >= 0.3 is 0 Å². The zero-order chi connectivity index (χ0) is 18.1. The Morgan fingerprint density at radius 1 is 1.22 bits per heavy atom. The molecule has 136 valence electrons. The van der Waals surface area contributed by atoms with E-state index in [0.717, 1.165) is 42.9 Å². The summed E-state index contributed by atoms with van der Waals surface area (Å²) in [4.78, 5) is 24.3. The Kier molecular flexibility index (Phi) is 3.09. The number of benzene rings is 1. The second-order valence-electron chi connectivity index (χ2n) is 7.37. The topological polar surface area (TPSA) is 77.0 Å². The van der Waals surface area contributed by atoms with Gasteiger partial charge in [0.05, 0.1) is 28.0 Å². The summed E-state index contributed by atoms with van der Waals surface area (Å²) < 4.78 is 7.50. The molecule has 1 atom stereocenters. The van der Waals surface area contributed by atoms with E-state index in [1.165, 1.54) is 0 Å². The van der Waals surface area contributed by atoms with Crippen molar-refractivity contribution in [1.29, 1.82) is 0 Å². The molecule has 7 nitrogen and oxygen atoms in total. The van der Waals surface area contributed by atoms with Crippen molar-refractivity contribution in [2.75, 3.05) is 6.54 Å². The van der Waals surface area contributed by atoms with Crippen LogP contribution in [0, 0.1) is 0 Å². The first-order valence-electron chi connectivity index (χ1n) is 9.23. The fourth-order valence-corrected chi connectivity index (χ4v) is 4.48. The van der Waals surface area contributed by atoms with Gasteiger partial charge in [-0.2, -0.15) is 4.98 Å². The van der Waals surface area contributed by atoms with Gasteiger partial charge in [-0.25, -0.2) is 4.98 Å². The highest BCUT2D eigenvalue weighted by Gasteiger charge is 2.41. The third kappa shape index (κ3) is 2.15. The number of hydrogen-bond acceptors (Lipinski definition) is 5. The van der Waals surface area contributed by atoms with Crippen LogP contribution in [0.25, 0.3) is 17.3 Å². The molecule has 1 amide bonds. The molecule has 27 heavy (non-hydrogen) atoms. The van der Waals surface area contributed by atoms with Gasteiger partial charge in [-0.15, -0.1) is 0 Å².